The Morgan fingerprint density at radius 1 is 1.47 bits per heavy atom. The van der Waals surface area contributed by atoms with Gasteiger partial charge < -0.3 is 15.5 Å². The van der Waals surface area contributed by atoms with E-state index >= 15 is 0 Å². The molecule has 0 aromatic carbocycles. The molecule has 0 radical (unpaired) electrons. The molecular weight excluding hydrogens is 220 g/mol. The quantitative estimate of drug-likeness (QED) is 0.666. The summed E-state index contributed by atoms with van der Waals surface area (Å²) in [5, 5.41) is 26.9. The van der Waals surface area contributed by atoms with Crippen molar-refractivity contribution in [3.63, 3.8) is 0 Å². The number of aliphatic hydroxyl groups excluding tert-OH is 2. The summed E-state index contributed by atoms with van der Waals surface area (Å²) < 4.78 is 1.53. The van der Waals surface area contributed by atoms with Crippen LogP contribution in [0.15, 0.2) is 24.5 Å². The van der Waals surface area contributed by atoms with Crippen LogP contribution in [0.1, 0.15) is 18.2 Å². The first-order chi connectivity index (χ1) is 8.24. The number of nitrogens with zero attached hydrogens (tertiary/aromatic N) is 3. The van der Waals surface area contributed by atoms with Gasteiger partial charge in [-0.05, 0) is 32.1 Å². The van der Waals surface area contributed by atoms with Gasteiger partial charge in [-0.2, -0.15) is 5.10 Å². The van der Waals surface area contributed by atoms with E-state index in [-0.39, 0.29) is 0 Å². The minimum absolute atomic E-state index is 0.470. The topological polar surface area (TPSA) is 82.7 Å². The van der Waals surface area contributed by atoms with Crippen molar-refractivity contribution in [2.24, 2.45) is 0 Å². The Kier molecular flexibility index (Phi) is 3.68. The Bertz CT molecular complexity index is 485. The molecule has 2 heterocycles. The van der Waals surface area contributed by atoms with Crippen molar-refractivity contribution in [2.75, 3.05) is 13.6 Å². The minimum Gasteiger partial charge on any atom is -0.390 e. The monoisotopic (exact) mass is 236 g/mol. The molecule has 2 rings (SSSR count). The van der Waals surface area contributed by atoms with Crippen molar-refractivity contribution in [1.82, 2.24) is 19.9 Å². The first kappa shape index (κ1) is 12.0. The average Bonchev–Trinajstić information content (AvgIpc) is 2.78. The predicted molar refractivity (Wildman–Crippen MR) is 62.5 cm³/mol. The number of hydrogen-bond donors (Lipinski definition) is 3. The third kappa shape index (κ3) is 2.44. The van der Waals surface area contributed by atoms with Crippen LogP contribution in [-0.2, 0) is 0 Å². The predicted octanol–water partition coefficient (Wildman–Crippen LogP) is -0.267. The van der Waals surface area contributed by atoms with Gasteiger partial charge in [0.05, 0.1) is 18.0 Å². The van der Waals surface area contributed by atoms with E-state index in [0.717, 1.165) is 0 Å². The van der Waals surface area contributed by atoms with Crippen molar-refractivity contribution < 1.29 is 10.2 Å². The zero-order valence-electron chi connectivity index (χ0n) is 9.61. The van der Waals surface area contributed by atoms with E-state index in [1.54, 1.807) is 25.4 Å². The molecule has 0 bridgehead atoms. The van der Waals surface area contributed by atoms with E-state index in [9.17, 15) is 10.2 Å². The molecule has 3 N–H and O–H groups in total. The SMILES string of the molecule is CNCCC(O)C(O)c1cnc2cccnn12. The maximum absolute atomic E-state index is 10.0. The molecule has 0 amide bonds. The summed E-state index contributed by atoms with van der Waals surface area (Å²) in [5.41, 5.74) is 1.16. The molecule has 17 heavy (non-hydrogen) atoms. The molecule has 6 heteroatoms. The van der Waals surface area contributed by atoms with E-state index in [1.807, 2.05) is 0 Å². The number of aromatic nitrogens is 3. The van der Waals surface area contributed by atoms with Crippen LogP contribution in [0, 0.1) is 0 Å². The number of imidazole rings is 1. The van der Waals surface area contributed by atoms with Crippen LogP contribution in [-0.4, -0.2) is 44.5 Å². The fraction of sp³-hybridized carbons (Fsp3) is 0.455. The first-order valence-corrected chi connectivity index (χ1v) is 5.53. The summed E-state index contributed by atoms with van der Waals surface area (Å²) in [5.74, 6) is 0. The minimum atomic E-state index is -0.978. The Morgan fingerprint density at radius 3 is 3.06 bits per heavy atom. The summed E-state index contributed by atoms with van der Waals surface area (Å²) in [4.78, 5) is 4.12. The second kappa shape index (κ2) is 5.22. The normalized spacial score (nSPS) is 15.0. The van der Waals surface area contributed by atoms with Crippen molar-refractivity contribution in [3.05, 3.63) is 30.2 Å². The number of aliphatic hydroxyl groups is 2. The van der Waals surface area contributed by atoms with Gasteiger partial charge in [-0.25, -0.2) is 9.50 Å². The summed E-state index contributed by atoms with van der Waals surface area (Å²) >= 11 is 0. The number of hydrogen-bond acceptors (Lipinski definition) is 5. The van der Waals surface area contributed by atoms with Crippen molar-refractivity contribution in [2.45, 2.75) is 18.6 Å². The molecule has 0 spiro atoms. The van der Waals surface area contributed by atoms with Crippen LogP contribution in [0.2, 0.25) is 0 Å². The van der Waals surface area contributed by atoms with Gasteiger partial charge in [0.25, 0.3) is 0 Å². The molecule has 2 aromatic heterocycles. The van der Waals surface area contributed by atoms with Crippen LogP contribution in [0.5, 0.6) is 0 Å². The van der Waals surface area contributed by atoms with Gasteiger partial charge in [0, 0.05) is 6.20 Å². The second-order valence-corrected chi connectivity index (χ2v) is 3.88. The molecule has 0 saturated heterocycles. The van der Waals surface area contributed by atoms with Gasteiger partial charge in [0.1, 0.15) is 6.10 Å². The Hall–Kier alpha value is -1.50. The van der Waals surface area contributed by atoms with E-state index in [2.05, 4.69) is 15.4 Å². The summed E-state index contributed by atoms with van der Waals surface area (Å²) in [6, 6.07) is 3.57. The van der Waals surface area contributed by atoms with Crippen LogP contribution in [0.4, 0.5) is 0 Å². The fourth-order valence-corrected chi connectivity index (χ4v) is 1.70. The maximum Gasteiger partial charge on any atom is 0.153 e. The van der Waals surface area contributed by atoms with Crippen LogP contribution in [0.3, 0.4) is 0 Å². The molecule has 0 aliphatic carbocycles. The number of fused-ring (bicyclic) bond motifs is 1. The lowest BCUT2D eigenvalue weighted by Crippen LogP contribution is -2.24. The second-order valence-electron chi connectivity index (χ2n) is 3.88. The van der Waals surface area contributed by atoms with Gasteiger partial charge in [0.2, 0.25) is 0 Å². The van der Waals surface area contributed by atoms with Crippen LogP contribution < -0.4 is 5.32 Å². The Morgan fingerprint density at radius 2 is 2.29 bits per heavy atom. The zero-order valence-corrected chi connectivity index (χ0v) is 9.61. The highest BCUT2D eigenvalue weighted by atomic mass is 16.3. The number of rotatable bonds is 5. The largest absolute Gasteiger partial charge is 0.390 e. The lowest BCUT2D eigenvalue weighted by atomic mass is 10.1. The van der Waals surface area contributed by atoms with Gasteiger partial charge in [-0.3, -0.25) is 0 Å². The summed E-state index contributed by atoms with van der Waals surface area (Å²) in [6.07, 6.45) is 1.82. The molecule has 6 nitrogen and oxygen atoms in total. The molecule has 92 valence electrons. The lowest BCUT2D eigenvalue weighted by Gasteiger charge is -2.16. The average molecular weight is 236 g/mol. The Balaban J connectivity index is 2.21. The van der Waals surface area contributed by atoms with Crippen molar-refractivity contribution >= 4 is 5.65 Å². The van der Waals surface area contributed by atoms with E-state index in [4.69, 9.17) is 0 Å². The van der Waals surface area contributed by atoms with Crippen LogP contribution in [0.25, 0.3) is 5.65 Å². The highest BCUT2D eigenvalue weighted by Gasteiger charge is 2.21. The van der Waals surface area contributed by atoms with Gasteiger partial charge in [-0.15, -0.1) is 0 Å². The standard InChI is InChI=1S/C11H16N4O2/c1-12-6-4-9(16)11(17)8-7-13-10-3-2-5-14-15(8)10/h2-3,5,7,9,11-12,16-17H,4,6H2,1H3. The number of nitrogens with one attached hydrogen (secondary N) is 1. The Labute approximate surface area is 98.9 Å². The summed E-state index contributed by atoms with van der Waals surface area (Å²) in [6.45, 7) is 0.641. The zero-order chi connectivity index (χ0) is 12.3. The molecule has 2 aromatic rings. The van der Waals surface area contributed by atoms with Gasteiger partial charge >= 0.3 is 0 Å². The molecular formula is C11H16N4O2. The smallest absolute Gasteiger partial charge is 0.153 e. The molecule has 0 aliphatic heterocycles. The van der Waals surface area contributed by atoms with E-state index < -0.39 is 12.2 Å². The van der Waals surface area contributed by atoms with Crippen molar-refractivity contribution in [3.8, 4) is 0 Å². The third-order valence-electron chi connectivity index (χ3n) is 2.66. The van der Waals surface area contributed by atoms with Crippen LogP contribution >= 0.6 is 0 Å². The van der Waals surface area contributed by atoms with Crippen molar-refractivity contribution in [1.29, 1.82) is 0 Å². The molecule has 0 aliphatic rings. The third-order valence-corrected chi connectivity index (χ3v) is 2.66. The lowest BCUT2D eigenvalue weighted by molar-refractivity contribution is 0.0105. The molecule has 0 saturated carbocycles. The highest BCUT2D eigenvalue weighted by molar-refractivity contribution is 5.38. The first-order valence-electron chi connectivity index (χ1n) is 5.53. The van der Waals surface area contributed by atoms with E-state index in [0.29, 0.717) is 24.3 Å². The maximum atomic E-state index is 10.0. The highest BCUT2D eigenvalue weighted by Crippen LogP contribution is 2.18. The molecule has 2 unspecified atom stereocenters. The summed E-state index contributed by atoms with van der Waals surface area (Å²) in [7, 11) is 1.80. The van der Waals surface area contributed by atoms with E-state index in [1.165, 1.54) is 10.7 Å². The molecule has 0 fully saturated rings. The fourth-order valence-electron chi connectivity index (χ4n) is 1.70. The van der Waals surface area contributed by atoms with Gasteiger partial charge in [0.15, 0.2) is 5.65 Å². The molecule has 2 atom stereocenters. The van der Waals surface area contributed by atoms with Gasteiger partial charge in [-0.1, -0.05) is 0 Å².